The number of rotatable bonds is 6. The molecule has 0 bridgehead atoms. The maximum absolute atomic E-state index is 13.3. The van der Waals surface area contributed by atoms with Gasteiger partial charge >= 0.3 is 0 Å². The molecule has 8 nitrogen and oxygen atoms in total. The molecule has 150 valence electrons. The van der Waals surface area contributed by atoms with Crippen LogP contribution < -0.4 is 32.1 Å². The predicted octanol–water partition coefficient (Wildman–Crippen LogP) is -1.50. The second-order valence-electron chi connectivity index (χ2n) is 7.62. The number of hydrogen-bond donors (Lipinski definition) is 6. The monoisotopic (exact) mass is 389 g/mol. The Kier molecular flexibility index (Phi) is 7.11. The summed E-state index contributed by atoms with van der Waals surface area (Å²) in [6.07, 6.45) is 0.277. The number of carbonyl (C=O) groups is 1. The fraction of sp³-hybridized carbons (Fsp3) is 0.938. The zero-order valence-corrected chi connectivity index (χ0v) is 16.1. The van der Waals surface area contributed by atoms with E-state index in [2.05, 4.69) is 32.5 Å². The zero-order chi connectivity index (χ0) is 18.7. The molecule has 0 aromatic heterocycles. The molecular weight excluding hydrogens is 357 g/mol. The fourth-order valence-electron chi connectivity index (χ4n) is 3.96. The fourth-order valence-corrected chi connectivity index (χ4v) is 5.17. The molecule has 0 radical (unpaired) electrons. The summed E-state index contributed by atoms with van der Waals surface area (Å²) in [6.45, 7) is 5.77. The van der Waals surface area contributed by atoms with Crippen LogP contribution in [-0.4, -0.2) is 73.4 Å². The molecule has 0 aromatic rings. The lowest BCUT2D eigenvalue weighted by Gasteiger charge is -2.35. The number of amides is 1. The van der Waals surface area contributed by atoms with Crippen molar-refractivity contribution in [3.05, 3.63) is 0 Å². The van der Waals surface area contributed by atoms with Crippen LogP contribution in [0.3, 0.4) is 0 Å². The average molecular weight is 390 g/mol. The number of carbonyl (C=O) groups excluding carboxylic acids is 1. The Balaban J connectivity index is 1.60. The molecule has 3 heterocycles. The maximum atomic E-state index is 13.3. The topological polar surface area (TPSA) is 120 Å². The molecule has 4 unspecified atom stereocenters. The SMILES string of the molecule is CC1NSC(NC(=O)C(C(N)N)C2NCC(F)CN2)C1CN1CCCC1. The molecule has 0 spiro atoms. The number of likely N-dealkylation sites (tertiary alicyclic amines) is 1. The molecular formula is C16H32FN7OS. The van der Waals surface area contributed by atoms with Crippen LogP contribution in [0.5, 0.6) is 0 Å². The standard InChI is InChI=1S/C16H32FN7OS/c1-9-11(8-24-4-2-3-5-24)16(26-23-9)22-15(25)12(13(18)19)14-20-6-10(17)7-21-14/h9-14,16,20-21,23H,2-8,18-19H2,1H3,(H,22,25). The van der Waals surface area contributed by atoms with Crippen molar-refractivity contribution in [1.29, 1.82) is 0 Å². The van der Waals surface area contributed by atoms with Gasteiger partial charge in [0.15, 0.2) is 0 Å². The van der Waals surface area contributed by atoms with E-state index >= 15 is 0 Å². The van der Waals surface area contributed by atoms with Gasteiger partial charge in [-0.15, -0.1) is 0 Å². The Hall–Kier alpha value is -0.490. The third kappa shape index (κ3) is 4.86. The minimum absolute atomic E-state index is 0.0307. The van der Waals surface area contributed by atoms with E-state index in [-0.39, 0.29) is 24.4 Å². The maximum Gasteiger partial charge on any atom is 0.229 e. The van der Waals surface area contributed by atoms with Crippen molar-refractivity contribution < 1.29 is 9.18 Å². The summed E-state index contributed by atoms with van der Waals surface area (Å²) in [5.74, 6) is -0.534. The van der Waals surface area contributed by atoms with Crippen LogP contribution >= 0.6 is 11.9 Å². The van der Waals surface area contributed by atoms with E-state index in [1.165, 1.54) is 12.8 Å². The summed E-state index contributed by atoms with van der Waals surface area (Å²) in [6, 6.07) is 0.314. The number of hydrogen-bond acceptors (Lipinski definition) is 8. The predicted molar refractivity (Wildman–Crippen MR) is 102 cm³/mol. The molecule has 4 atom stereocenters. The first-order chi connectivity index (χ1) is 12.5. The van der Waals surface area contributed by atoms with E-state index in [1.54, 1.807) is 11.9 Å². The molecule has 1 amide bonds. The van der Waals surface area contributed by atoms with Gasteiger partial charge in [-0.3, -0.25) is 20.2 Å². The average Bonchev–Trinajstić information content (AvgIpc) is 3.22. The summed E-state index contributed by atoms with van der Waals surface area (Å²) >= 11 is 1.56. The lowest BCUT2D eigenvalue weighted by atomic mass is 9.97. The van der Waals surface area contributed by atoms with Crippen molar-refractivity contribution in [2.24, 2.45) is 23.3 Å². The van der Waals surface area contributed by atoms with E-state index in [9.17, 15) is 9.18 Å². The van der Waals surface area contributed by atoms with Crippen molar-refractivity contribution in [3.63, 3.8) is 0 Å². The summed E-state index contributed by atoms with van der Waals surface area (Å²) in [5, 5.41) is 9.09. The van der Waals surface area contributed by atoms with E-state index < -0.39 is 24.4 Å². The number of halogens is 1. The van der Waals surface area contributed by atoms with Crippen molar-refractivity contribution >= 4 is 17.9 Å². The largest absolute Gasteiger partial charge is 0.342 e. The highest BCUT2D eigenvalue weighted by Crippen LogP contribution is 2.29. The van der Waals surface area contributed by atoms with Crippen LogP contribution in [0, 0.1) is 11.8 Å². The number of nitrogens with zero attached hydrogens (tertiary/aromatic N) is 1. The first-order valence-electron chi connectivity index (χ1n) is 9.51. The van der Waals surface area contributed by atoms with Crippen molar-refractivity contribution in [2.45, 2.75) is 49.7 Å². The van der Waals surface area contributed by atoms with Gasteiger partial charge in [-0.2, -0.15) is 0 Å². The molecule has 3 aliphatic rings. The van der Waals surface area contributed by atoms with E-state index in [0.717, 1.165) is 19.6 Å². The minimum atomic E-state index is -0.968. The van der Waals surface area contributed by atoms with Crippen molar-refractivity contribution in [3.8, 4) is 0 Å². The molecule has 26 heavy (non-hydrogen) atoms. The summed E-state index contributed by atoms with van der Waals surface area (Å²) < 4.78 is 16.7. The highest BCUT2D eigenvalue weighted by atomic mass is 32.2. The molecule has 0 aliphatic carbocycles. The number of nitrogens with two attached hydrogens (primary N) is 2. The van der Waals surface area contributed by atoms with Crippen LogP contribution in [0.1, 0.15) is 19.8 Å². The molecule has 3 fully saturated rings. The first kappa shape index (κ1) is 20.2. The Labute approximate surface area is 158 Å². The van der Waals surface area contributed by atoms with Gasteiger partial charge in [0.25, 0.3) is 0 Å². The van der Waals surface area contributed by atoms with Gasteiger partial charge in [0.2, 0.25) is 5.91 Å². The minimum Gasteiger partial charge on any atom is -0.342 e. The zero-order valence-electron chi connectivity index (χ0n) is 15.3. The number of nitrogens with one attached hydrogen (secondary N) is 4. The van der Waals surface area contributed by atoms with Gasteiger partial charge in [-0.05, 0) is 32.9 Å². The second kappa shape index (κ2) is 9.13. The van der Waals surface area contributed by atoms with Gasteiger partial charge in [0.05, 0.1) is 23.6 Å². The summed E-state index contributed by atoms with van der Waals surface area (Å²) in [4.78, 5) is 15.4. The van der Waals surface area contributed by atoms with Crippen LogP contribution in [0.15, 0.2) is 0 Å². The summed E-state index contributed by atoms with van der Waals surface area (Å²) in [7, 11) is 0. The molecule has 0 aromatic carbocycles. The summed E-state index contributed by atoms with van der Waals surface area (Å²) in [5.41, 5.74) is 11.8. The molecule has 0 saturated carbocycles. The third-order valence-corrected chi connectivity index (χ3v) is 6.79. The third-order valence-electron chi connectivity index (χ3n) is 5.56. The Morgan fingerprint density at radius 2 is 1.96 bits per heavy atom. The van der Waals surface area contributed by atoms with E-state index in [1.807, 2.05) is 0 Å². The molecule has 8 N–H and O–H groups in total. The first-order valence-corrected chi connectivity index (χ1v) is 10.4. The quantitative estimate of drug-likeness (QED) is 0.240. The molecule has 10 heteroatoms. The number of alkyl halides is 1. The smallest absolute Gasteiger partial charge is 0.229 e. The van der Waals surface area contributed by atoms with Gasteiger partial charge < -0.3 is 21.7 Å². The second-order valence-corrected chi connectivity index (χ2v) is 8.60. The van der Waals surface area contributed by atoms with E-state index in [4.69, 9.17) is 11.5 Å². The molecule has 3 aliphatic heterocycles. The van der Waals surface area contributed by atoms with Crippen LogP contribution in [0.4, 0.5) is 4.39 Å². The normalized spacial score (nSPS) is 37.2. The molecule has 3 rings (SSSR count). The van der Waals surface area contributed by atoms with Gasteiger partial charge in [0.1, 0.15) is 6.17 Å². The van der Waals surface area contributed by atoms with Crippen LogP contribution in [0.25, 0.3) is 0 Å². The Bertz CT molecular complexity index is 472. The van der Waals surface area contributed by atoms with E-state index in [0.29, 0.717) is 12.0 Å². The lowest BCUT2D eigenvalue weighted by molar-refractivity contribution is -0.127. The Morgan fingerprint density at radius 1 is 1.31 bits per heavy atom. The van der Waals surface area contributed by atoms with Crippen molar-refractivity contribution in [1.82, 2.24) is 25.6 Å². The molecule has 3 saturated heterocycles. The van der Waals surface area contributed by atoms with Crippen LogP contribution in [0.2, 0.25) is 0 Å². The van der Waals surface area contributed by atoms with Gasteiger partial charge in [-0.1, -0.05) is 11.9 Å². The van der Waals surface area contributed by atoms with Crippen LogP contribution in [-0.2, 0) is 4.79 Å². The Morgan fingerprint density at radius 3 is 2.58 bits per heavy atom. The lowest BCUT2D eigenvalue weighted by Crippen LogP contribution is -2.65. The highest BCUT2D eigenvalue weighted by Gasteiger charge is 2.40. The van der Waals surface area contributed by atoms with Gasteiger partial charge in [0, 0.05) is 31.6 Å². The highest BCUT2D eigenvalue weighted by molar-refractivity contribution is 7.98. The van der Waals surface area contributed by atoms with Gasteiger partial charge in [-0.25, -0.2) is 4.39 Å². The van der Waals surface area contributed by atoms with Crippen molar-refractivity contribution in [2.75, 3.05) is 32.7 Å².